The van der Waals surface area contributed by atoms with Crippen LogP contribution in [0.4, 0.5) is 5.69 Å². The molecule has 1 atom stereocenters. The molecule has 26 heavy (non-hydrogen) atoms. The summed E-state index contributed by atoms with van der Waals surface area (Å²) < 4.78 is 0. The lowest BCUT2D eigenvalue weighted by Gasteiger charge is -2.31. The Bertz CT molecular complexity index is 653. The lowest BCUT2D eigenvalue weighted by atomic mass is 9.90. The molecule has 0 radical (unpaired) electrons. The van der Waals surface area contributed by atoms with Crippen LogP contribution in [0.3, 0.4) is 0 Å². The van der Waals surface area contributed by atoms with Crippen LogP contribution < -0.4 is 16.4 Å². The Morgan fingerprint density at radius 2 is 1.81 bits per heavy atom. The number of hydrogen-bond donors (Lipinski definition) is 3. The number of carbonyl (C=O) groups is 2. The van der Waals surface area contributed by atoms with Gasteiger partial charge in [-0.25, -0.2) is 0 Å². The largest absolute Gasteiger partial charge is 0.346 e. The van der Waals surface area contributed by atoms with Crippen molar-refractivity contribution in [2.24, 2.45) is 17.1 Å². The quantitative estimate of drug-likeness (QED) is 0.661. The second-order valence-corrected chi connectivity index (χ2v) is 9.20. The van der Waals surface area contributed by atoms with Crippen LogP contribution in [0.25, 0.3) is 0 Å². The minimum atomic E-state index is -0.514. The maximum Gasteiger partial charge on any atom is 0.253 e. The first kappa shape index (κ1) is 22.5. The van der Waals surface area contributed by atoms with Crippen LogP contribution in [0.2, 0.25) is 5.02 Å². The van der Waals surface area contributed by atoms with Crippen molar-refractivity contribution in [2.75, 3.05) is 11.9 Å². The number of nitrogens with one attached hydrogen (secondary N) is 2. The van der Waals surface area contributed by atoms with Crippen LogP contribution in [0.1, 0.15) is 64.7 Å². The lowest BCUT2D eigenvalue weighted by molar-refractivity contribution is -0.117. The lowest BCUT2D eigenvalue weighted by Crippen LogP contribution is -2.52. The maximum atomic E-state index is 12.7. The van der Waals surface area contributed by atoms with Crippen molar-refractivity contribution < 1.29 is 9.59 Å². The van der Waals surface area contributed by atoms with Gasteiger partial charge in [0.2, 0.25) is 5.91 Å². The number of anilines is 1. The number of rotatable bonds is 7. The number of nitrogens with two attached hydrogens (primary N) is 1. The van der Waals surface area contributed by atoms with E-state index < -0.39 is 5.54 Å². The zero-order valence-electron chi connectivity index (χ0n) is 16.7. The van der Waals surface area contributed by atoms with E-state index in [9.17, 15) is 9.59 Å². The van der Waals surface area contributed by atoms with Gasteiger partial charge in [-0.2, -0.15) is 0 Å². The molecular formula is C20H32ClN3O2. The van der Waals surface area contributed by atoms with E-state index in [2.05, 4.69) is 24.5 Å². The van der Waals surface area contributed by atoms with Crippen molar-refractivity contribution in [3.63, 3.8) is 0 Å². The summed E-state index contributed by atoms with van der Waals surface area (Å²) in [6.07, 6.45) is 1.14. The van der Waals surface area contributed by atoms with E-state index >= 15 is 0 Å². The van der Waals surface area contributed by atoms with E-state index in [1.165, 1.54) is 0 Å². The fourth-order valence-electron chi connectivity index (χ4n) is 2.89. The molecule has 146 valence electrons. The van der Waals surface area contributed by atoms with E-state index in [1.54, 1.807) is 18.2 Å². The summed E-state index contributed by atoms with van der Waals surface area (Å²) >= 11 is 6.21. The second-order valence-electron chi connectivity index (χ2n) is 8.80. The molecular weight excluding hydrogens is 350 g/mol. The molecule has 1 rings (SSSR count). The maximum absolute atomic E-state index is 12.7. The fourth-order valence-corrected chi connectivity index (χ4v) is 3.10. The molecule has 0 heterocycles. The van der Waals surface area contributed by atoms with Crippen molar-refractivity contribution in [3.8, 4) is 0 Å². The molecule has 1 aromatic carbocycles. The summed E-state index contributed by atoms with van der Waals surface area (Å²) in [5.74, 6) is -0.00403. The van der Waals surface area contributed by atoms with Gasteiger partial charge in [0, 0.05) is 24.2 Å². The SMILES string of the molecule is CC(C)CC(C)(CN)NC(=O)c1cc(NC(=O)CC(C)(C)C)ccc1Cl. The van der Waals surface area contributed by atoms with E-state index in [4.69, 9.17) is 17.3 Å². The van der Waals surface area contributed by atoms with Crippen molar-refractivity contribution in [2.45, 2.75) is 59.9 Å². The monoisotopic (exact) mass is 381 g/mol. The van der Waals surface area contributed by atoms with Gasteiger partial charge in [0.25, 0.3) is 5.91 Å². The van der Waals surface area contributed by atoms with Crippen molar-refractivity contribution in [1.29, 1.82) is 0 Å². The second kappa shape index (κ2) is 8.87. The van der Waals surface area contributed by atoms with Crippen LogP contribution in [-0.2, 0) is 4.79 Å². The average molecular weight is 382 g/mol. The van der Waals surface area contributed by atoms with Crippen molar-refractivity contribution in [3.05, 3.63) is 28.8 Å². The van der Waals surface area contributed by atoms with Crippen LogP contribution in [0.15, 0.2) is 18.2 Å². The molecule has 5 nitrogen and oxygen atoms in total. The van der Waals surface area contributed by atoms with Crippen LogP contribution >= 0.6 is 11.6 Å². The van der Waals surface area contributed by atoms with E-state index in [0.29, 0.717) is 35.2 Å². The van der Waals surface area contributed by atoms with Crippen molar-refractivity contribution >= 4 is 29.1 Å². The van der Waals surface area contributed by atoms with Gasteiger partial charge in [-0.05, 0) is 42.9 Å². The molecule has 1 aromatic rings. The van der Waals surface area contributed by atoms with Gasteiger partial charge in [-0.1, -0.05) is 46.2 Å². The summed E-state index contributed by atoms with van der Waals surface area (Å²) in [4.78, 5) is 24.9. The third kappa shape index (κ3) is 7.34. The molecule has 0 aliphatic heterocycles. The number of benzene rings is 1. The topological polar surface area (TPSA) is 84.2 Å². The van der Waals surface area contributed by atoms with Gasteiger partial charge >= 0.3 is 0 Å². The van der Waals surface area contributed by atoms with Crippen molar-refractivity contribution in [1.82, 2.24) is 5.32 Å². The van der Waals surface area contributed by atoms with E-state index in [1.807, 2.05) is 27.7 Å². The molecule has 0 spiro atoms. The van der Waals surface area contributed by atoms with Gasteiger partial charge in [-0.3, -0.25) is 9.59 Å². The smallest absolute Gasteiger partial charge is 0.253 e. The first-order chi connectivity index (χ1) is 11.8. The Labute approximate surface area is 162 Å². The summed E-state index contributed by atoms with van der Waals surface area (Å²) in [6, 6.07) is 4.91. The van der Waals surface area contributed by atoms with Crippen LogP contribution in [0, 0.1) is 11.3 Å². The number of hydrogen-bond acceptors (Lipinski definition) is 3. The minimum Gasteiger partial charge on any atom is -0.346 e. The number of carbonyl (C=O) groups excluding carboxylic acids is 2. The van der Waals surface area contributed by atoms with Crippen LogP contribution in [0.5, 0.6) is 0 Å². The number of amides is 2. The molecule has 0 saturated carbocycles. The summed E-state index contributed by atoms with van der Waals surface area (Å²) in [5.41, 5.74) is 6.11. The Kier molecular flexibility index (Phi) is 7.66. The first-order valence-electron chi connectivity index (χ1n) is 8.97. The molecule has 0 saturated heterocycles. The molecule has 2 amide bonds. The first-order valence-corrected chi connectivity index (χ1v) is 9.35. The van der Waals surface area contributed by atoms with Gasteiger partial charge in [0.05, 0.1) is 10.6 Å². The highest BCUT2D eigenvalue weighted by Gasteiger charge is 2.27. The fraction of sp³-hybridized carbons (Fsp3) is 0.600. The Hall–Kier alpha value is -1.59. The molecule has 6 heteroatoms. The zero-order valence-corrected chi connectivity index (χ0v) is 17.5. The minimum absolute atomic E-state index is 0.0993. The van der Waals surface area contributed by atoms with Gasteiger partial charge in [0.1, 0.15) is 0 Å². The highest BCUT2D eigenvalue weighted by atomic mass is 35.5. The highest BCUT2D eigenvalue weighted by molar-refractivity contribution is 6.34. The van der Waals surface area contributed by atoms with E-state index in [0.717, 1.165) is 6.42 Å². The zero-order chi connectivity index (χ0) is 20.1. The van der Waals surface area contributed by atoms with Crippen LogP contribution in [-0.4, -0.2) is 23.9 Å². The molecule has 0 bridgehead atoms. The predicted octanol–water partition coefficient (Wildman–Crippen LogP) is 4.21. The summed E-state index contributed by atoms with van der Waals surface area (Å²) in [6.45, 7) is 12.4. The standard InChI is InChI=1S/C20H32ClN3O2/c1-13(2)10-20(6,12-22)24-18(26)15-9-14(7-8-16(15)21)23-17(25)11-19(3,4)5/h7-9,13H,10-12,22H2,1-6H3,(H,23,25)(H,24,26). The third-order valence-corrected chi connectivity index (χ3v) is 4.24. The molecule has 0 aliphatic carbocycles. The molecule has 4 N–H and O–H groups in total. The molecule has 0 fully saturated rings. The van der Waals surface area contributed by atoms with Gasteiger partial charge in [0.15, 0.2) is 0 Å². The Balaban J connectivity index is 2.95. The Morgan fingerprint density at radius 1 is 1.19 bits per heavy atom. The molecule has 0 aliphatic rings. The van der Waals surface area contributed by atoms with Gasteiger partial charge in [-0.15, -0.1) is 0 Å². The normalized spacial score (nSPS) is 14.0. The summed E-state index contributed by atoms with van der Waals surface area (Å²) in [7, 11) is 0. The Morgan fingerprint density at radius 3 is 2.31 bits per heavy atom. The average Bonchev–Trinajstić information content (AvgIpc) is 2.46. The van der Waals surface area contributed by atoms with Gasteiger partial charge < -0.3 is 16.4 Å². The molecule has 1 unspecified atom stereocenters. The highest BCUT2D eigenvalue weighted by Crippen LogP contribution is 2.24. The third-order valence-electron chi connectivity index (χ3n) is 3.91. The molecule has 0 aromatic heterocycles. The number of halogens is 1. The predicted molar refractivity (Wildman–Crippen MR) is 109 cm³/mol. The van der Waals surface area contributed by atoms with E-state index in [-0.39, 0.29) is 17.2 Å². The summed E-state index contributed by atoms with van der Waals surface area (Å²) in [5, 5.41) is 6.15.